The predicted molar refractivity (Wildman–Crippen MR) is 28.7 cm³/mol. The van der Waals surface area contributed by atoms with Crippen LogP contribution >= 0.6 is 8.25 Å². The summed E-state index contributed by atoms with van der Waals surface area (Å²) in [5, 5.41) is 8.11. The zero-order valence-corrected chi connectivity index (χ0v) is 5.78. The van der Waals surface area contributed by atoms with Gasteiger partial charge in [-0.1, -0.05) is 0 Å². The van der Waals surface area contributed by atoms with E-state index in [1.54, 1.807) is 0 Å². The Morgan fingerprint density at radius 3 is 2.60 bits per heavy atom. The monoisotopic (exact) mass is 169 g/mol. The Hall–Kier alpha value is -0.550. The minimum atomic E-state index is -2.92. The molecule has 0 amide bonds. The topological polar surface area (TPSA) is 93.1 Å². The number of carbonyl (C=O) groups excluding carboxylic acids is 1. The molecule has 6 nitrogen and oxygen atoms in total. The van der Waals surface area contributed by atoms with Crippen LogP contribution in [0.5, 0.6) is 0 Å². The minimum Gasteiger partial charge on any atom is -0.396 e. The van der Waals surface area contributed by atoms with E-state index in [0.29, 0.717) is 0 Å². The van der Waals surface area contributed by atoms with E-state index in [2.05, 4.69) is 9.56 Å². The van der Waals surface area contributed by atoms with Crippen LogP contribution in [0.4, 0.5) is 0 Å². The molecular formula is C3H6O6P+. The largest absolute Gasteiger partial charge is 0.736 e. The molecule has 0 aromatic carbocycles. The van der Waals surface area contributed by atoms with E-state index in [9.17, 15) is 9.36 Å². The lowest BCUT2D eigenvalue weighted by Gasteiger charge is -1.88. The second kappa shape index (κ2) is 5.25. The van der Waals surface area contributed by atoms with E-state index in [1.807, 2.05) is 0 Å². The second-order valence-corrected chi connectivity index (χ2v) is 1.87. The lowest BCUT2D eigenvalue weighted by Crippen LogP contribution is -2.04. The molecule has 0 aliphatic carbocycles. The maximum Gasteiger partial charge on any atom is 0.736 e. The quantitative estimate of drug-likeness (QED) is 0.334. The Morgan fingerprint density at radius 2 is 2.20 bits per heavy atom. The summed E-state index contributed by atoms with van der Waals surface area (Å²) in [6, 6.07) is 0. The molecule has 0 fully saturated rings. The molecule has 10 heavy (non-hydrogen) atoms. The van der Waals surface area contributed by atoms with Crippen molar-refractivity contribution in [1.29, 1.82) is 0 Å². The fraction of sp³-hybridized carbons (Fsp3) is 0.667. The maximum atomic E-state index is 10.2. The Morgan fingerprint density at radius 1 is 1.60 bits per heavy atom. The highest BCUT2D eigenvalue weighted by Gasteiger charge is 2.17. The maximum absolute atomic E-state index is 10.2. The minimum absolute atomic E-state index is 0.261. The summed E-state index contributed by atoms with van der Waals surface area (Å²) in [4.78, 5) is 21.8. The summed E-state index contributed by atoms with van der Waals surface area (Å²) in [7, 11) is -2.92. The summed E-state index contributed by atoms with van der Waals surface area (Å²) >= 11 is 0. The Balaban J connectivity index is 3.30. The van der Waals surface area contributed by atoms with E-state index >= 15 is 0 Å². The van der Waals surface area contributed by atoms with E-state index < -0.39 is 14.2 Å². The van der Waals surface area contributed by atoms with Gasteiger partial charge in [0.15, 0.2) is 0 Å². The van der Waals surface area contributed by atoms with Gasteiger partial charge in [-0.25, -0.2) is 4.79 Å². The Bertz CT molecular complexity index is 133. The summed E-state index contributed by atoms with van der Waals surface area (Å²) in [5.41, 5.74) is 0. The van der Waals surface area contributed by atoms with Crippen LogP contribution in [0.3, 0.4) is 0 Å². The highest BCUT2D eigenvalue weighted by Crippen LogP contribution is 2.14. The third-order valence-electron chi connectivity index (χ3n) is 0.510. The number of aliphatic hydroxyl groups is 1. The van der Waals surface area contributed by atoms with Crippen molar-refractivity contribution in [2.24, 2.45) is 0 Å². The summed E-state index contributed by atoms with van der Waals surface area (Å²) in [6.07, 6.45) is -0.261. The fourth-order valence-corrected chi connectivity index (χ4v) is 0.353. The SMILES string of the molecule is O=C(CCO)OO[P+](=O)O. The zero-order chi connectivity index (χ0) is 7.98. The van der Waals surface area contributed by atoms with Crippen molar-refractivity contribution in [1.82, 2.24) is 0 Å². The van der Waals surface area contributed by atoms with Gasteiger partial charge in [0.25, 0.3) is 0 Å². The average Bonchev–Trinajstić information content (AvgIpc) is 1.85. The molecule has 0 aliphatic heterocycles. The molecule has 1 atom stereocenters. The molecule has 0 aliphatic rings. The normalized spacial score (nSPS) is 10.8. The van der Waals surface area contributed by atoms with Gasteiger partial charge in [0, 0.05) is 4.57 Å². The molecule has 0 aromatic heterocycles. The van der Waals surface area contributed by atoms with Crippen molar-refractivity contribution >= 4 is 14.2 Å². The van der Waals surface area contributed by atoms with E-state index in [4.69, 9.17) is 10.00 Å². The first-order valence-electron chi connectivity index (χ1n) is 2.31. The van der Waals surface area contributed by atoms with Crippen molar-refractivity contribution in [2.75, 3.05) is 6.61 Å². The number of hydrogen-bond donors (Lipinski definition) is 2. The molecule has 0 saturated heterocycles. The summed E-state index contributed by atoms with van der Waals surface area (Å²) < 4.78 is 13.3. The first-order chi connectivity index (χ1) is 4.66. The third kappa shape index (κ3) is 5.58. The molecule has 0 heterocycles. The molecule has 0 rings (SSSR count). The smallest absolute Gasteiger partial charge is 0.396 e. The standard InChI is InChI=1S/C3H5O6P/c4-2-1-3(5)8-9-10(6)7/h4H,1-2H2/p+1. The fourth-order valence-electron chi connectivity index (χ4n) is 0.206. The van der Waals surface area contributed by atoms with Crippen LogP contribution in [0.25, 0.3) is 0 Å². The zero-order valence-electron chi connectivity index (χ0n) is 4.89. The predicted octanol–water partition coefficient (Wildman–Crippen LogP) is -0.507. The van der Waals surface area contributed by atoms with Crippen LogP contribution in [0.2, 0.25) is 0 Å². The van der Waals surface area contributed by atoms with E-state index in [-0.39, 0.29) is 13.0 Å². The molecule has 0 saturated carbocycles. The van der Waals surface area contributed by atoms with E-state index in [1.165, 1.54) is 0 Å². The lowest BCUT2D eigenvalue weighted by atomic mass is 10.5. The highest BCUT2D eigenvalue weighted by atomic mass is 31.1. The van der Waals surface area contributed by atoms with Crippen molar-refractivity contribution in [3.8, 4) is 0 Å². The summed E-state index contributed by atoms with van der Waals surface area (Å²) in [6.45, 7) is -0.385. The van der Waals surface area contributed by atoms with Crippen LogP contribution in [0.15, 0.2) is 0 Å². The number of rotatable bonds is 4. The molecule has 2 N–H and O–H groups in total. The molecule has 0 spiro atoms. The van der Waals surface area contributed by atoms with Crippen LogP contribution in [-0.4, -0.2) is 22.6 Å². The Labute approximate surface area is 57.3 Å². The van der Waals surface area contributed by atoms with Gasteiger partial charge in [-0.15, -0.1) is 4.89 Å². The van der Waals surface area contributed by atoms with Gasteiger partial charge in [-0.3, -0.25) is 4.89 Å². The van der Waals surface area contributed by atoms with Crippen LogP contribution in [0.1, 0.15) is 6.42 Å². The second-order valence-electron chi connectivity index (χ2n) is 1.24. The van der Waals surface area contributed by atoms with Gasteiger partial charge in [-0.2, -0.15) is 0 Å². The van der Waals surface area contributed by atoms with Crippen molar-refractivity contribution in [3.63, 3.8) is 0 Å². The van der Waals surface area contributed by atoms with Crippen molar-refractivity contribution in [3.05, 3.63) is 0 Å². The molecule has 0 bridgehead atoms. The van der Waals surface area contributed by atoms with Crippen LogP contribution < -0.4 is 0 Å². The molecule has 1 unspecified atom stereocenters. The van der Waals surface area contributed by atoms with Crippen molar-refractivity contribution < 1.29 is 28.9 Å². The first kappa shape index (κ1) is 9.45. The average molecular weight is 169 g/mol. The third-order valence-corrected chi connectivity index (χ3v) is 0.712. The van der Waals surface area contributed by atoms with Gasteiger partial charge in [-0.05, 0) is 0 Å². The molecule has 0 aromatic rings. The van der Waals surface area contributed by atoms with Gasteiger partial charge in [0.1, 0.15) is 4.67 Å². The van der Waals surface area contributed by atoms with Gasteiger partial charge in [0.2, 0.25) is 0 Å². The number of hydrogen-bond acceptors (Lipinski definition) is 5. The Kier molecular flexibility index (Phi) is 4.96. The number of carbonyl (C=O) groups is 1. The summed E-state index contributed by atoms with van der Waals surface area (Å²) in [5.74, 6) is -0.889. The van der Waals surface area contributed by atoms with Crippen LogP contribution in [-0.2, 0) is 18.9 Å². The van der Waals surface area contributed by atoms with Crippen molar-refractivity contribution in [2.45, 2.75) is 6.42 Å². The lowest BCUT2D eigenvalue weighted by molar-refractivity contribution is -0.215. The van der Waals surface area contributed by atoms with Gasteiger partial charge >= 0.3 is 14.2 Å². The first-order valence-corrected chi connectivity index (χ1v) is 3.44. The molecule has 7 heteroatoms. The molecule has 0 radical (unpaired) electrons. The van der Waals surface area contributed by atoms with Gasteiger partial charge < -0.3 is 5.11 Å². The molecule has 58 valence electrons. The molecular weight excluding hydrogens is 163 g/mol. The van der Waals surface area contributed by atoms with Gasteiger partial charge in [0.05, 0.1) is 13.0 Å². The van der Waals surface area contributed by atoms with Crippen LogP contribution in [0, 0.1) is 0 Å². The van der Waals surface area contributed by atoms with E-state index in [0.717, 1.165) is 0 Å². The number of aliphatic hydroxyl groups excluding tert-OH is 1. The highest BCUT2D eigenvalue weighted by molar-refractivity contribution is 7.31.